The van der Waals surface area contributed by atoms with Crippen LogP contribution < -0.4 is 0 Å². The number of aliphatic imine (C=N–C) groups is 1. The summed E-state index contributed by atoms with van der Waals surface area (Å²) < 4.78 is 13.1. The van der Waals surface area contributed by atoms with Gasteiger partial charge in [0.1, 0.15) is 22.4 Å². The fraction of sp³-hybridized carbons (Fsp3) is 0.136. The fourth-order valence-corrected chi connectivity index (χ4v) is 6.54. The van der Waals surface area contributed by atoms with E-state index in [1.54, 1.807) is 12.3 Å². The molecule has 5 nitrogen and oxygen atoms in total. The van der Waals surface area contributed by atoms with E-state index >= 15 is 0 Å². The SMILES string of the molecule is Cc1ccc(C)c(-c2cc(-c3cccc4c3oc3ccccc34)c3nc(-c4ccccc4N=Cc4cc(C(C)(C)C)ccc4O)oc3c2)c1. The highest BCUT2D eigenvalue weighted by Gasteiger charge is 2.21. The number of nitrogens with zero attached hydrogens (tertiary/aromatic N) is 2. The Balaban J connectivity index is 1.32. The second-order valence-electron chi connectivity index (χ2n) is 13.8. The molecule has 49 heavy (non-hydrogen) atoms. The summed E-state index contributed by atoms with van der Waals surface area (Å²) in [5.41, 5.74) is 12.6. The third kappa shape index (κ3) is 5.47. The van der Waals surface area contributed by atoms with Gasteiger partial charge in [-0.05, 0) is 84.0 Å². The summed E-state index contributed by atoms with van der Waals surface area (Å²) in [5.74, 6) is 0.644. The molecule has 6 aromatic carbocycles. The van der Waals surface area contributed by atoms with Crippen molar-refractivity contribution in [1.29, 1.82) is 0 Å². The van der Waals surface area contributed by atoms with Gasteiger partial charge in [-0.25, -0.2) is 4.98 Å². The first-order valence-electron chi connectivity index (χ1n) is 16.5. The van der Waals surface area contributed by atoms with Crippen molar-refractivity contribution in [3.63, 3.8) is 0 Å². The normalized spacial score (nSPS) is 12.2. The molecule has 2 aromatic heterocycles. The summed E-state index contributed by atoms with van der Waals surface area (Å²) in [6.45, 7) is 10.7. The highest BCUT2D eigenvalue weighted by Crippen LogP contribution is 2.43. The van der Waals surface area contributed by atoms with Crippen LogP contribution >= 0.6 is 0 Å². The van der Waals surface area contributed by atoms with Crippen molar-refractivity contribution in [2.45, 2.75) is 40.0 Å². The maximum absolute atomic E-state index is 10.6. The molecule has 8 aromatic rings. The fourth-order valence-electron chi connectivity index (χ4n) is 6.54. The average molecular weight is 641 g/mol. The number of phenolic OH excluding ortho intramolecular Hbond substituents is 1. The lowest BCUT2D eigenvalue weighted by Crippen LogP contribution is -2.11. The van der Waals surface area contributed by atoms with Crippen molar-refractivity contribution < 1.29 is 13.9 Å². The van der Waals surface area contributed by atoms with Crippen LogP contribution in [0.2, 0.25) is 0 Å². The lowest BCUT2D eigenvalue weighted by Gasteiger charge is -2.19. The van der Waals surface area contributed by atoms with E-state index in [-0.39, 0.29) is 11.2 Å². The number of phenols is 1. The molecule has 0 aliphatic heterocycles. The van der Waals surface area contributed by atoms with E-state index in [0.717, 1.165) is 60.8 Å². The van der Waals surface area contributed by atoms with Crippen LogP contribution in [0.15, 0.2) is 129 Å². The molecular weight excluding hydrogens is 604 g/mol. The second-order valence-corrected chi connectivity index (χ2v) is 13.8. The number of aromatic hydroxyl groups is 1. The van der Waals surface area contributed by atoms with Gasteiger partial charge < -0.3 is 13.9 Å². The number of para-hydroxylation sites is 3. The molecule has 0 saturated carbocycles. The molecular formula is C44H36N2O3. The van der Waals surface area contributed by atoms with E-state index in [0.29, 0.717) is 22.7 Å². The van der Waals surface area contributed by atoms with E-state index in [9.17, 15) is 5.11 Å². The van der Waals surface area contributed by atoms with Gasteiger partial charge in [0.05, 0.1) is 11.3 Å². The molecule has 0 aliphatic carbocycles. The number of rotatable bonds is 5. The predicted molar refractivity (Wildman–Crippen MR) is 201 cm³/mol. The average Bonchev–Trinajstić information content (AvgIpc) is 3.70. The first-order chi connectivity index (χ1) is 23.6. The zero-order valence-electron chi connectivity index (χ0n) is 28.2. The molecule has 2 heterocycles. The Bertz CT molecular complexity index is 2580. The summed E-state index contributed by atoms with van der Waals surface area (Å²) in [6.07, 6.45) is 1.71. The van der Waals surface area contributed by atoms with Crippen molar-refractivity contribution in [2.24, 2.45) is 4.99 Å². The van der Waals surface area contributed by atoms with Crippen molar-refractivity contribution >= 4 is 44.9 Å². The van der Waals surface area contributed by atoms with E-state index < -0.39 is 0 Å². The third-order valence-corrected chi connectivity index (χ3v) is 9.26. The summed E-state index contributed by atoms with van der Waals surface area (Å²) >= 11 is 0. The minimum absolute atomic E-state index is 0.0629. The largest absolute Gasteiger partial charge is 0.507 e. The summed E-state index contributed by atoms with van der Waals surface area (Å²) in [5, 5.41) is 12.8. The molecule has 0 amide bonds. The van der Waals surface area contributed by atoms with Crippen LogP contribution in [-0.2, 0) is 5.41 Å². The van der Waals surface area contributed by atoms with Gasteiger partial charge >= 0.3 is 0 Å². The molecule has 8 rings (SSSR count). The van der Waals surface area contributed by atoms with Crippen molar-refractivity contribution in [3.8, 4) is 39.5 Å². The maximum Gasteiger partial charge on any atom is 0.229 e. The number of hydrogen-bond acceptors (Lipinski definition) is 5. The van der Waals surface area contributed by atoms with Crippen molar-refractivity contribution in [3.05, 3.63) is 138 Å². The van der Waals surface area contributed by atoms with Crippen LogP contribution in [0.4, 0.5) is 5.69 Å². The Kier molecular flexibility index (Phi) is 7.22. The number of fused-ring (bicyclic) bond motifs is 4. The summed E-state index contributed by atoms with van der Waals surface area (Å²) in [6, 6.07) is 38.7. The third-order valence-electron chi connectivity index (χ3n) is 9.26. The Hall–Kier alpha value is -5.94. The van der Waals surface area contributed by atoms with Gasteiger partial charge in [0, 0.05) is 33.7 Å². The lowest BCUT2D eigenvalue weighted by molar-refractivity contribution is 0.473. The number of aryl methyl sites for hydroxylation is 2. The van der Waals surface area contributed by atoms with Gasteiger partial charge in [-0.3, -0.25) is 4.99 Å². The van der Waals surface area contributed by atoms with Gasteiger partial charge in [-0.2, -0.15) is 0 Å². The number of benzene rings is 6. The molecule has 0 bridgehead atoms. The molecule has 0 saturated heterocycles. The lowest BCUT2D eigenvalue weighted by atomic mass is 9.86. The van der Waals surface area contributed by atoms with Gasteiger partial charge in [-0.1, -0.05) is 99.1 Å². The summed E-state index contributed by atoms with van der Waals surface area (Å²) in [4.78, 5) is 9.98. The smallest absolute Gasteiger partial charge is 0.229 e. The van der Waals surface area contributed by atoms with Crippen molar-refractivity contribution in [1.82, 2.24) is 4.98 Å². The molecule has 0 fully saturated rings. The quantitative estimate of drug-likeness (QED) is 0.190. The molecule has 0 radical (unpaired) electrons. The Morgan fingerprint density at radius 1 is 0.673 bits per heavy atom. The van der Waals surface area contributed by atoms with Crippen LogP contribution in [-0.4, -0.2) is 16.3 Å². The number of furan rings is 1. The molecule has 240 valence electrons. The van der Waals surface area contributed by atoms with Crippen LogP contribution in [0, 0.1) is 13.8 Å². The maximum atomic E-state index is 10.6. The molecule has 0 aliphatic rings. The first-order valence-corrected chi connectivity index (χ1v) is 16.5. The van der Waals surface area contributed by atoms with Crippen LogP contribution in [0.1, 0.15) is 43.0 Å². The highest BCUT2D eigenvalue weighted by molar-refractivity contribution is 6.12. The summed E-state index contributed by atoms with van der Waals surface area (Å²) in [7, 11) is 0. The van der Waals surface area contributed by atoms with Crippen LogP contribution in [0.3, 0.4) is 0 Å². The van der Waals surface area contributed by atoms with Gasteiger partial charge in [0.2, 0.25) is 5.89 Å². The molecule has 5 heteroatoms. The van der Waals surface area contributed by atoms with Gasteiger partial charge in [-0.15, -0.1) is 0 Å². The monoisotopic (exact) mass is 640 g/mol. The van der Waals surface area contributed by atoms with Crippen LogP contribution in [0.5, 0.6) is 5.75 Å². The molecule has 0 spiro atoms. The predicted octanol–water partition coefficient (Wildman–Crippen LogP) is 12.1. The van der Waals surface area contributed by atoms with E-state index in [4.69, 9.17) is 18.8 Å². The zero-order chi connectivity index (χ0) is 33.9. The number of oxazole rings is 1. The number of aromatic nitrogens is 1. The highest BCUT2D eigenvalue weighted by atomic mass is 16.3. The molecule has 0 atom stereocenters. The minimum atomic E-state index is -0.0629. The standard InChI is InChI=1S/C44H36N2O3/c1-26-17-18-27(2)35(21-26)28-23-36(33-14-10-13-32-31-11-7-9-16-39(31)48-42(32)33)41-40(24-28)49-43(46-41)34-12-6-8-15-37(34)45-25-29-22-30(44(3,4)5)19-20-38(29)47/h6-25,47H,1-5H3. The Morgan fingerprint density at radius 2 is 1.45 bits per heavy atom. The van der Waals surface area contributed by atoms with E-state index in [1.807, 2.05) is 54.6 Å². The van der Waals surface area contributed by atoms with E-state index in [2.05, 4.69) is 89.2 Å². The van der Waals surface area contributed by atoms with E-state index in [1.165, 1.54) is 11.1 Å². The first kappa shape index (κ1) is 30.4. The Labute approximate surface area is 285 Å². The topological polar surface area (TPSA) is 71.8 Å². The Morgan fingerprint density at radius 3 is 2.31 bits per heavy atom. The second kappa shape index (κ2) is 11.6. The minimum Gasteiger partial charge on any atom is -0.507 e. The molecule has 1 N–H and O–H groups in total. The molecule has 0 unspecified atom stereocenters. The van der Waals surface area contributed by atoms with Crippen LogP contribution in [0.25, 0.3) is 66.7 Å². The van der Waals surface area contributed by atoms with Gasteiger partial charge in [0.15, 0.2) is 5.58 Å². The van der Waals surface area contributed by atoms with Crippen molar-refractivity contribution in [2.75, 3.05) is 0 Å². The number of hydrogen-bond donors (Lipinski definition) is 1. The zero-order valence-corrected chi connectivity index (χ0v) is 28.2. The van der Waals surface area contributed by atoms with Gasteiger partial charge in [0.25, 0.3) is 0 Å².